The van der Waals surface area contributed by atoms with Crippen molar-refractivity contribution < 1.29 is 48.7 Å². The molecule has 0 spiro atoms. The van der Waals surface area contributed by atoms with Crippen molar-refractivity contribution in [2.24, 2.45) is 40.6 Å². The Morgan fingerprint density at radius 3 is 1.96 bits per heavy atom. The van der Waals surface area contributed by atoms with E-state index in [4.69, 9.17) is 35.9 Å². The van der Waals surface area contributed by atoms with Crippen LogP contribution in [0.15, 0.2) is 30.4 Å². The summed E-state index contributed by atoms with van der Waals surface area (Å²) < 4.78 is 16.5. The van der Waals surface area contributed by atoms with Gasteiger partial charge in [-0.3, -0.25) is 9.59 Å². The monoisotopic (exact) mass is 682 g/mol. The minimum absolute atomic E-state index is 0. The summed E-state index contributed by atoms with van der Waals surface area (Å²) in [5.74, 6) is -1.19. The molecule has 1 rings (SSSR count). The number of carbonyl (C=O) groups excluding carboxylic acids is 2. The van der Waals surface area contributed by atoms with E-state index in [9.17, 15) is 24.3 Å². The number of carbonyl (C=O) groups is 4. The van der Waals surface area contributed by atoms with Crippen LogP contribution in [0.4, 0.5) is 0 Å². The zero-order chi connectivity index (χ0) is 36.3. The lowest BCUT2D eigenvalue weighted by Gasteiger charge is -2.30. The summed E-state index contributed by atoms with van der Waals surface area (Å²) >= 11 is 0. The van der Waals surface area contributed by atoms with Crippen LogP contribution >= 0.6 is 0 Å². The van der Waals surface area contributed by atoms with E-state index in [0.29, 0.717) is 62.0 Å². The number of hydrogen-bond donors (Lipinski definition) is 5. The van der Waals surface area contributed by atoms with E-state index in [0.717, 1.165) is 18.4 Å². The number of hydrogen-bond acceptors (Lipinski definition) is 9. The van der Waals surface area contributed by atoms with Crippen LogP contribution in [0.2, 0.25) is 0 Å². The molecule has 0 saturated carbocycles. The third kappa shape index (κ3) is 18.8. The topological polar surface area (TPSA) is 209 Å². The lowest BCUT2D eigenvalue weighted by molar-refractivity contribution is -0.134. The van der Waals surface area contributed by atoms with Gasteiger partial charge in [0.25, 0.3) is 0 Å². The predicted molar refractivity (Wildman–Crippen MR) is 187 cm³/mol. The summed E-state index contributed by atoms with van der Waals surface area (Å²) in [5, 5.41) is 26.7. The van der Waals surface area contributed by atoms with E-state index >= 15 is 0 Å². The van der Waals surface area contributed by atoms with Crippen molar-refractivity contribution in [1.82, 2.24) is 0 Å². The number of carboxylic acids is 2. The molecule has 0 heterocycles. The number of benzene rings is 1. The number of ether oxygens (including phenoxy) is 3. The fraction of sp³-hybridized carbons (Fsp3) is 0.667. The van der Waals surface area contributed by atoms with Crippen molar-refractivity contribution in [3.63, 3.8) is 0 Å². The summed E-state index contributed by atoms with van der Waals surface area (Å²) in [5.41, 5.74) is 12.4. The second-order valence-corrected chi connectivity index (χ2v) is 13.2. The molecule has 48 heavy (non-hydrogen) atoms. The van der Waals surface area contributed by atoms with E-state index in [1.165, 1.54) is 0 Å². The fourth-order valence-corrected chi connectivity index (χ4v) is 4.84. The molecule has 276 valence electrons. The second-order valence-electron chi connectivity index (χ2n) is 13.2. The van der Waals surface area contributed by atoms with Crippen molar-refractivity contribution in [3.8, 4) is 11.5 Å². The molecule has 0 aliphatic heterocycles. The van der Waals surface area contributed by atoms with Gasteiger partial charge >= 0.3 is 11.9 Å². The summed E-state index contributed by atoms with van der Waals surface area (Å²) in [6.45, 7) is 13.0. The first-order chi connectivity index (χ1) is 21.9. The maximum Gasteiger partial charge on any atom is 0.328 e. The highest BCUT2D eigenvalue weighted by molar-refractivity contribution is 5.89. The molecule has 0 radical (unpaired) electrons. The van der Waals surface area contributed by atoms with E-state index in [2.05, 4.69) is 13.8 Å². The summed E-state index contributed by atoms with van der Waals surface area (Å²) in [6, 6.07) is 5.52. The number of nitrogens with two attached hydrogens (primary N) is 2. The number of ketones is 1. The molecule has 1 aromatic carbocycles. The summed E-state index contributed by atoms with van der Waals surface area (Å²) in [7, 11) is 3.30. The number of carboxylic acid groups (broad SMARTS) is 2. The number of methoxy groups -OCH3 is 2. The zero-order valence-corrected chi connectivity index (χ0v) is 29.4. The Morgan fingerprint density at radius 2 is 1.50 bits per heavy atom. The van der Waals surface area contributed by atoms with E-state index in [-0.39, 0.29) is 37.4 Å². The first-order valence-corrected chi connectivity index (χ1v) is 16.0. The first-order valence-electron chi connectivity index (χ1n) is 16.0. The van der Waals surface area contributed by atoms with Gasteiger partial charge in [0.2, 0.25) is 5.91 Å². The third-order valence-corrected chi connectivity index (χ3v) is 8.23. The number of aliphatic carboxylic acids is 2. The minimum atomic E-state index is -1.26. The molecule has 0 aliphatic carbocycles. The number of amides is 1. The Kier molecular flexibility index (Phi) is 23.1. The van der Waals surface area contributed by atoms with Crippen LogP contribution < -0.4 is 20.9 Å². The average Bonchev–Trinajstić information content (AvgIpc) is 2.99. The van der Waals surface area contributed by atoms with Crippen molar-refractivity contribution in [3.05, 3.63) is 35.9 Å². The number of rotatable bonds is 22. The zero-order valence-electron chi connectivity index (χ0n) is 29.4. The highest BCUT2D eigenvalue weighted by Crippen LogP contribution is 2.32. The van der Waals surface area contributed by atoms with Crippen LogP contribution in [0.3, 0.4) is 0 Å². The van der Waals surface area contributed by atoms with Gasteiger partial charge in [-0.1, -0.05) is 55.0 Å². The highest BCUT2D eigenvalue weighted by Gasteiger charge is 2.32. The minimum Gasteiger partial charge on any atom is -0.493 e. The lowest BCUT2D eigenvalue weighted by Crippen LogP contribution is -2.41. The van der Waals surface area contributed by atoms with Crippen LogP contribution in [-0.4, -0.2) is 78.5 Å². The quantitative estimate of drug-likeness (QED) is 0.0823. The molecule has 0 fully saturated rings. The average molecular weight is 683 g/mol. The number of primary amides is 1. The van der Waals surface area contributed by atoms with Gasteiger partial charge in [0, 0.05) is 56.1 Å². The van der Waals surface area contributed by atoms with Gasteiger partial charge in [0.1, 0.15) is 5.78 Å². The van der Waals surface area contributed by atoms with Crippen molar-refractivity contribution >= 4 is 23.6 Å². The first kappa shape index (κ1) is 46.6. The Labute approximate surface area is 287 Å². The van der Waals surface area contributed by atoms with Gasteiger partial charge in [0.05, 0.1) is 19.8 Å². The Balaban J connectivity index is 0. The van der Waals surface area contributed by atoms with Gasteiger partial charge in [-0.2, -0.15) is 0 Å². The maximum absolute atomic E-state index is 13.0. The molecule has 0 saturated heterocycles. The molecule has 0 bridgehead atoms. The smallest absolute Gasteiger partial charge is 0.328 e. The lowest BCUT2D eigenvalue weighted by atomic mass is 9.78. The van der Waals surface area contributed by atoms with Crippen LogP contribution in [-0.2, 0) is 30.3 Å². The van der Waals surface area contributed by atoms with Crippen molar-refractivity contribution in [2.75, 3.05) is 27.4 Å². The Bertz CT molecular complexity index is 1130. The van der Waals surface area contributed by atoms with E-state index in [1.54, 1.807) is 28.1 Å². The molecule has 0 aliphatic rings. The van der Waals surface area contributed by atoms with Gasteiger partial charge in [-0.15, -0.1) is 0 Å². The van der Waals surface area contributed by atoms with Crippen LogP contribution in [0.5, 0.6) is 11.5 Å². The van der Waals surface area contributed by atoms with Crippen LogP contribution in [0.1, 0.15) is 86.6 Å². The summed E-state index contributed by atoms with van der Waals surface area (Å²) in [6.07, 6.45) is 3.46. The molecule has 12 nitrogen and oxygen atoms in total. The van der Waals surface area contributed by atoms with Crippen LogP contribution in [0, 0.1) is 29.1 Å². The molecule has 1 aromatic rings. The summed E-state index contributed by atoms with van der Waals surface area (Å²) in [4.78, 5) is 43.8. The molecule has 0 aromatic heterocycles. The Hall–Kier alpha value is -3.48. The van der Waals surface area contributed by atoms with Gasteiger partial charge in [0.15, 0.2) is 11.5 Å². The van der Waals surface area contributed by atoms with Gasteiger partial charge in [-0.05, 0) is 61.1 Å². The van der Waals surface area contributed by atoms with Crippen LogP contribution in [0.25, 0.3) is 0 Å². The molecule has 1 amide bonds. The third-order valence-electron chi connectivity index (χ3n) is 8.23. The van der Waals surface area contributed by atoms with Gasteiger partial charge < -0.3 is 41.0 Å². The fourth-order valence-electron chi connectivity index (χ4n) is 4.84. The second kappa shape index (κ2) is 23.8. The maximum atomic E-state index is 13.0. The molecular formula is C36H62N2O10. The largest absolute Gasteiger partial charge is 0.493 e. The number of Topliss-reactive ketones (excluding diaryl/α,β-unsaturated/α-hetero) is 1. The van der Waals surface area contributed by atoms with Crippen molar-refractivity contribution in [2.45, 2.75) is 99.6 Å². The van der Waals surface area contributed by atoms with E-state index in [1.807, 2.05) is 32.0 Å². The molecule has 1 unspecified atom stereocenters. The van der Waals surface area contributed by atoms with Crippen molar-refractivity contribution in [1.29, 1.82) is 0 Å². The normalized spacial score (nSPS) is 13.9. The van der Waals surface area contributed by atoms with E-state index < -0.39 is 35.4 Å². The standard InChI is InChI=1S/C31H54N2O6.C4H4O4.CH4/c1-20(2)23(16-22-10-11-28(38-8)29(17-22)39-15-9-14-37-7)18-25(32)27(35)19-24(21(3)4)26(34)12-13-31(5,6)30(33)36;5-3(6)1-2-4(7)8;/h10-11,17,20-21,23-25,27,35H,9,12-16,18-19,32H2,1-8H3,(H2,33,36);1-2H,(H,5,6)(H,7,8);1H4/b;2-1+;/t23-,24?,25-,27-;;/m0../s1. The molecule has 7 N–H and O–H groups in total. The predicted octanol–water partition coefficient (Wildman–Crippen LogP) is 4.87. The number of aliphatic hydroxyl groups is 1. The SMILES string of the molecule is C.COCCCOc1cc(C[C@@H](C[C@H](N)[C@@H](O)CC(C(=O)CCC(C)(C)C(N)=O)C(C)C)C(C)C)ccc1OC.O=C(O)/C=C/C(=O)O. The highest BCUT2D eigenvalue weighted by atomic mass is 16.5. The molecule has 12 heteroatoms. The van der Waals surface area contributed by atoms with Gasteiger partial charge in [-0.25, -0.2) is 9.59 Å². The molecular weight excluding hydrogens is 620 g/mol. The molecule has 4 atom stereocenters. The number of aliphatic hydroxyl groups excluding tert-OH is 1. The Morgan fingerprint density at radius 1 is 0.917 bits per heavy atom.